The summed E-state index contributed by atoms with van der Waals surface area (Å²) in [5.74, 6) is 0.569. The van der Waals surface area contributed by atoms with E-state index < -0.39 is 0 Å². The highest BCUT2D eigenvalue weighted by molar-refractivity contribution is 5.03. The first-order valence-electron chi connectivity index (χ1n) is 2.61. The van der Waals surface area contributed by atoms with E-state index >= 15 is 0 Å². The lowest BCUT2D eigenvalue weighted by Crippen LogP contribution is -1.93. The minimum atomic E-state index is 0.400. The van der Waals surface area contributed by atoms with Crippen molar-refractivity contribution >= 4 is 0 Å². The van der Waals surface area contributed by atoms with Crippen LogP contribution in [0.4, 0.5) is 0 Å². The third kappa shape index (κ3) is 1.68. The van der Waals surface area contributed by atoms with E-state index in [0.29, 0.717) is 12.5 Å². The summed E-state index contributed by atoms with van der Waals surface area (Å²) in [6, 6.07) is 1.69. The lowest BCUT2D eigenvalue weighted by Gasteiger charge is -1.97. The van der Waals surface area contributed by atoms with Gasteiger partial charge in [0.25, 0.3) is 0 Å². The number of rotatable bonds is 2. The Morgan fingerprint density at radius 3 is 3.11 bits per heavy atom. The van der Waals surface area contributed by atoms with Crippen molar-refractivity contribution in [2.45, 2.75) is 0 Å². The lowest BCUT2D eigenvalue weighted by atomic mass is 10.6. The second-order valence-electron chi connectivity index (χ2n) is 1.40. The number of ether oxygens (including phenoxy) is 1. The molecule has 0 saturated carbocycles. The molecule has 3 nitrogen and oxygen atoms in total. The summed E-state index contributed by atoms with van der Waals surface area (Å²) in [6.07, 6.45) is 3.06. The average molecular weight is 123 g/mol. The van der Waals surface area contributed by atoms with Crippen LogP contribution in [0.2, 0.25) is 0 Å². The van der Waals surface area contributed by atoms with Gasteiger partial charge in [0.05, 0.1) is 6.61 Å². The highest BCUT2D eigenvalue weighted by atomic mass is 16.5. The van der Waals surface area contributed by atoms with Gasteiger partial charge in [-0.15, -0.1) is 0 Å². The predicted molar refractivity (Wildman–Crippen MR) is 32.9 cm³/mol. The van der Waals surface area contributed by atoms with Crippen LogP contribution < -0.4 is 4.74 Å². The van der Waals surface area contributed by atoms with Crippen molar-refractivity contribution in [1.82, 2.24) is 9.97 Å². The maximum absolute atomic E-state index is 4.94. The predicted octanol–water partition coefficient (Wildman–Crippen LogP) is 0.689. The molecule has 0 aliphatic rings. The molecule has 0 amide bonds. The van der Waals surface area contributed by atoms with Gasteiger partial charge in [-0.2, -0.15) is 0 Å². The number of aromatic nitrogens is 2. The Kier molecular flexibility index (Phi) is 2.01. The Bertz CT molecular complexity index is 164. The Balaban J connectivity index is 2.61. The molecule has 1 heterocycles. The SMILES string of the molecule is [CH2]COc1ccncn1. The second-order valence-corrected chi connectivity index (χ2v) is 1.40. The van der Waals surface area contributed by atoms with Crippen molar-refractivity contribution in [3.05, 3.63) is 25.5 Å². The van der Waals surface area contributed by atoms with Gasteiger partial charge in [0, 0.05) is 12.3 Å². The molecule has 1 aromatic rings. The van der Waals surface area contributed by atoms with E-state index in [0.717, 1.165) is 0 Å². The Morgan fingerprint density at radius 2 is 2.56 bits per heavy atom. The van der Waals surface area contributed by atoms with Crippen LogP contribution in [-0.4, -0.2) is 16.6 Å². The summed E-state index contributed by atoms with van der Waals surface area (Å²) in [5.41, 5.74) is 0. The molecule has 47 valence electrons. The minimum absolute atomic E-state index is 0.400. The zero-order valence-corrected chi connectivity index (χ0v) is 4.95. The molecule has 0 atom stereocenters. The maximum Gasteiger partial charge on any atom is 0.216 e. The average Bonchev–Trinajstić information content (AvgIpc) is 1.91. The van der Waals surface area contributed by atoms with E-state index in [1.807, 2.05) is 0 Å². The molecule has 0 aliphatic heterocycles. The van der Waals surface area contributed by atoms with Crippen LogP contribution in [0.15, 0.2) is 18.6 Å². The first-order valence-corrected chi connectivity index (χ1v) is 2.61. The third-order valence-electron chi connectivity index (χ3n) is 0.805. The van der Waals surface area contributed by atoms with E-state index in [1.54, 1.807) is 12.3 Å². The Labute approximate surface area is 53.7 Å². The van der Waals surface area contributed by atoms with Crippen LogP contribution in [0.5, 0.6) is 5.88 Å². The van der Waals surface area contributed by atoms with Crippen molar-refractivity contribution < 1.29 is 4.74 Å². The van der Waals surface area contributed by atoms with Crippen molar-refractivity contribution in [2.24, 2.45) is 0 Å². The molecule has 9 heavy (non-hydrogen) atoms. The Hall–Kier alpha value is -1.12. The van der Waals surface area contributed by atoms with Gasteiger partial charge in [-0.05, 0) is 6.92 Å². The molecular weight excluding hydrogens is 116 g/mol. The summed E-state index contributed by atoms with van der Waals surface area (Å²) in [7, 11) is 0. The largest absolute Gasteiger partial charge is 0.478 e. The van der Waals surface area contributed by atoms with Crippen LogP contribution in [0, 0.1) is 6.92 Å². The highest BCUT2D eigenvalue weighted by Crippen LogP contribution is 1.99. The van der Waals surface area contributed by atoms with E-state index in [-0.39, 0.29) is 0 Å². The molecule has 0 saturated heterocycles. The van der Waals surface area contributed by atoms with Crippen LogP contribution in [0.1, 0.15) is 0 Å². The third-order valence-corrected chi connectivity index (χ3v) is 0.805. The van der Waals surface area contributed by atoms with Crippen molar-refractivity contribution in [2.75, 3.05) is 6.61 Å². The van der Waals surface area contributed by atoms with Gasteiger partial charge in [0.2, 0.25) is 5.88 Å². The Morgan fingerprint density at radius 1 is 1.67 bits per heavy atom. The minimum Gasteiger partial charge on any atom is -0.478 e. The first kappa shape index (κ1) is 6.01. The number of hydrogen-bond acceptors (Lipinski definition) is 3. The molecule has 0 bridgehead atoms. The van der Waals surface area contributed by atoms with Gasteiger partial charge in [-0.1, -0.05) is 0 Å². The van der Waals surface area contributed by atoms with E-state index in [2.05, 4.69) is 16.9 Å². The molecule has 1 rings (SSSR count). The summed E-state index contributed by atoms with van der Waals surface area (Å²) in [4.78, 5) is 7.51. The molecule has 0 aliphatic carbocycles. The summed E-state index contributed by atoms with van der Waals surface area (Å²) < 4.78 is 4.94. The van der Waals surface area contributed by atoms with Gasteiger partial charge in [0.1, 0.15) is 6.33 Å². The maximum atomic E-state index is 4.94. The van der Waals surface area contributed by atoms with Crippen LogP contribution in [0.25, 0.3) is 0 Å². The van der Waals surface area contributed by atoms with Crippen LogP contribution in [-0.2, 0) is 0 Å². The molecule has 1 aromatic heterocycles. The number of nitrogens with zero attached hydrogens (tertiary/aromatic N) is 2. The zero-order chi connectivity index (χ0) is 6.53. The van der Waals surface area contributed by atoms with Crippen molar-refractivity contribution in [3.63, 3.8) is 0 Å². The second kappa shape index (κ2) is 3.02. The molecule has 0 aromatic carbocycles. The van der Waals surface area contributed by atoms with Gasteiger partial charge in [-0.25, -0.2) is 9.97 Å². The molecule has 0 N–H and O–H groups in total. The van der Waals surface area contributed by atoms with E-state index in [9.17, 15) is 0 Å². The van der Waals surface area contributed by atoms with Gasteiger partial charge < -0.3 is 4.74 Å². The van der Waals surface area contributed by atoms with E-state index in [1.165, 1.54) is 6.33 Å². The van der Waals surface area contributed by atoms with Crippen LogP contribution in [0.3, 0.4) is 0 Å². The highest BCUT2D eigenvalue weighted by Gasteiger charge is 1.86. The summed E-state index contributed by atoms with van der Waals surface area (Å²) in [5, 5.41) is 0. The summed E-state index contributed by atoms with van der Waals surface area (Å²) >= 11 is 0. The first-order chi connectivity index (χ1) is 4.43. The molecule has 0 spiro atoms. The monoisotopic (exact) mass is 123 g/mol. The van der Waals surface area contributed by atoms with E-state index in [4.69, 9.17) is 4.74 Å². The topological polar surface area (TPSA) is 35.0 Å². The number of hydrogen-bond donors (Lipinski definition) is 0. The fourth-order valence-electron chi connectivity index (χ4n) is 0.469. The quantitative estimate of drug-likeness (QED) is 0.580. The van der Waals surface area contributed by atoms with Gasteiger partial charge in [0.15, 0.2) is 0 Å². The van der Waals surface area contributed by atoms with Gasteiger partial charge >= 0.3 is 0 Å². The molecule has 1 radical (unpaired) electrons. The molecular formula is C6H7N2O. The van der Waals surface area contributed by atoms with Crippen LogP contribution >= 0.6 is 0 Å². The fraction of sp³-hybridized carbons (Fsp3) is 0.167. The standard InChI is InChI=1S/C6H7N2O/c1-2-9-6-3-4-7-5-8-6/h3-5H,1-2H2. The summed E-state index contributed by atoms with van der Waals surface area (Å²) in [6.45, 7) is 3.90. The normalized spacial score (nSPS) is 9.00. The lowest BCUT2D eigenvalue weighted by molar-refractivity contribution is 0.346. The van der Waals surface area contributed by atoms with Crippen molar-refractivity contribution in [3.8, 4) is 5.88 Å². The smallest absolute Gasteiger partial charge is 0.216 e. The zero-order valence-electron chi connectivity index (χ0n) is 4.95. The van der Waals surface area contributed by atoms with Gasteiger partial charge in [-0.3, -0.25) is 0 Å². The molecule has 0 fully saturated rings. The molecule has 3 heteroatoms. The van der Waals surface area contributed by atoms with Crippen molar-refractivity contribution in [1.29, 1.82) is 0 Å². The molecule has 0 unspecified atom stereocenters. The fourth-order valence-corrected chi connectivity index (χ4v) is 0.469.